The lowest BCUT2D eigenvalue weighted by molar-refractivity contribution is -0.192. The van der Waals surface area contributed by atoms with Gasteiger partial charge in [-0.05, 0) is 90.2 Å². The van der Waals surface area contributed by atoms with Crippen molar-refractivity contribution in [2.24, 2.45) is 5.92 Å². The number of rotatable bonds is 6. The Hall–Kier alpha value is -2.12. The highest BCUT2D eigenvalue weighted by Crippen LogP contribution is 2.49. The lowest BCUT2D eigenvalue weighted by Gasteiger charge is -2.28. The molecule has 2 aliphatic carbocycles. The van der Waals surface area contributed by atoms with E-state index >= 15 is 0 Å². The van der Waals surface area contributed by atoms with Crippen molar-refractivity contribution in [3.05, 3.63) is 45.7 Å². The Morgan fingerprint density at radius 2 is 1.61 bits per heavy atom. The minimum atomic E-state index is -5.08. The number of aliphatic carboxylic acids is 1. The molecule has 4 rings (SSSR count). The molecule has 198 valence electrons. The number of carbonyl (C=O) groups excluding carboxylic acids is 1. The molecule has 1 heterocycles. The minimum Gasteiger partial charge on any atom is -0.475 e. The summed E-state index contributed by atoms with van der Waals surface area (Å²) in [5, 5.41) is 10.4. The molecule has 0 spiro atoms. The lowest BCUT2D eigenvalue weighted by atomic mass is 9.86. The van der Waals surface area contributed by atoms with Crippen LogP contribution in [0.5, 0.6) is 0 Å². The zero-order valence-electron chi connectivity index (χ0n) is 19.3. The highest BCUT2D eigenvalue weighted by atomic mass is 79.9. The molecule has 13 heteroatoms. The Balaban J connectivity index is 0.000000454. The number of carbonyl (C=O) groups is 2. The number of alkyl halides is 3. The first-order valence-corrected chi connectivity index (χ1v) is 14.3. The Morgan fingerprint density at radius 3 is 2.06 bits per heavy atom. The molecule has 0 atom stereocenters. The van der Waals surface area contributed by atoms with Crippen LogP contribution in [0.4, 0.5) is 18.9 Å². The maximum Gasteiger partial charge on any atom is 0.490 e. The summed E-state index contributed by atoms with van der Waals surface area (Å²) in [6.45, 7) is 2.27. The Bertz CT molecular complexity index is 1190. The van der Waals surface area contributed by atoms with Gasteiger partial charge >= 0.3 is 12.1 Å². The molecule has 7 nitrogen and oxygen atoms in total. The predicted octanol–water partition coefficient (Wildman–Crippen LogP) is 5.67. The Morgan fingerprint density at radius 1 is 1.06 bits per heavy atom. The number of hydrogen-bond acceptors (Lipinski definition) is 5. The van der Waals surface area contributed by atoms with Crippen LogP contribution in [0.15, 0.2) is 44.4 Å². The first kappa shape index (κ1) is 28.5. The summed E-state index contributed by atoms with van der Waals surface area (Å²) in [7, 11) is -3.61. The summed E-state index contributed by atoms with van der Waals surface area (Å²) in [4.78, 5) is 21.8. The third-order valence-corrected chi connectivity index (χ3v) is 9.78. The number of hydrogen-bond donors (Lipinski definition) is 3. The average molecular weight is 612 g/mol. The van der Waals surface area contributed by atoms with Gasteiger partial charge in [0.2, 0.25) is 5.91 Å². The molecule has 2 aliphatic rings. The summed E-state index contributed by atoms with van der Waals surface area (Å²) in [6, 6.07) is 10.8. The van der Waals surface area contributed by atoms with E-state index in [-0.39, 0.29) is 16.2 Å². The molecule has 1 amide bonds. The summed E-state index contributed by atoms with van der Waals surface area (Å²) >= 11 is 4.45. The van der Waals surface area contributed by atoms with Gasteiger partial charge in [-0.25, -0.2) is 13.2 Å². The van der Waals surface area contributed by atoms with Gasteiger partial charge in [0.05, 0.1) is 9.20 Å². The van der Waals surface area contributed by atoms with E-state index in [4.69, 9.17) is 9.90 Å². The van der Waals surface area contributed by atoms with Crippen molar-refractivity contribution in [2.45, 2.75) is 67.3 Å². The van der Waals surface area contributed by atoms with Gasteiger partial charge < -0.3 is 10.4 Å². The second kappa shape index (κ2) is 11.1. The van der Waals surface area contributed by atoms with Crippen molar-refractivity contribution in [3.8, 4) is 0 Å². The monoisotopic (exact) mass is 610 g/mol. The van der Waals surface area contributed by atoms with Crippen LogP contribution in [0.1, 0.15) is 51.0 Å². The molecular weight excluding hydrogens is 585 g/mol. The highest BCUT2D eigenvalue weighted by molar-refractivity contribution is 9.11. The molecule has 36 heavy (non-hydrogen) atoms. The lowest BCUT2D eigenvalue weighted by Crippen LogP contribution is -2.43. The van der Waals surface area contributed by atoms with Crippen LogP contribution in [0.2, 0.25) is 0 Å². The molecule has 0 bridgehead atoms. The third-order valence-electron chi connectivity index (χ3n) is 6.28. The molecule has 0 unspecified atom stereocenters. The number of amides is 1. The molecule has 1 aromatic heterocycles. The van der Waals surface area contributed by atoms with Crippen molar-refractivity contribution >= 4 is 54.9 Å². The van der Waals surface area contributed by atoms with Crippen LogP contribution >= 0.6 is 27.3 Å². The maximum atomic E-state index is 13.0. The van der Waals surface area contributed by atoms with Gasteiger partial charge in [0, 0.05) is 11.7 Å². The quantitative estimate of drug-likeness (QED) is 0.390. The first-order valence-electron chi connectivity index (χ1n) is 11.2. The van der Waals surface area contributed by atoms with E-state index in [9.17, 15) is 26.4 Å². The fourth-order valence-electron chi connectivity index (χ4n) is 4.00. The Labute approximate surface area is 219 Å². The van der Waals surface area contributed by atoms with Crippen molar-refractivity contribution in [1.82, 2.24) is 5.32 Å². The van der Waals surface area contributed by atoms with Crippen molar-refractivity contribution in [2.75, 3.05) is 4.72 Å². The van der Waals surface area contributed by atoms with E-state index in [1.807, 2.05) is 12.1 Å². The van der Waals surface area contributed by atoms with Gasteiger partial charge in [-0.15, -0.1) is 11.3 Å². The number of carboxylic acid groups (broad SMARTS) is 1. The number of anilines is 1. The number of carboxylic acids is 1. The standard InChI is InChI=1S/C21H25BrN2O3S2.C2HF3O2/c1-14-2-6-16(7-3-14)23-20(25)21(12-13-21)15-4-8-17(9-5-15)24-29(26,27)19-11-10-18(22)28-19;3-2(4,5)1(6)7/h4-5,8-11,14,16,24H,2-3,6-7,12-13H2,1H3,(H,23,25);(H,6,7). The van der Waals surface area contributed by atoms with Crippen molar-refractivity contribution < 1.29 is 36.3 Å². The van der Waals surface area contributed by atoms with E-state index in [0.29, 0.717) is 5.69 Å². The maximum absolute atomic E-state index is 13.0. The van der Waals surface area contributed by atoms with Gasteiger partial charge in [-0.3, -0.25) is 9.52 Å². The van der Waals surface area contributed by atoms with Crippen LogP contribution in [0.25, 0.3) is 0 Å². The smallest absolute Gasteiger partial charge is 0.475 e. The highest BCUT2D eigenvalue weighted by Gasteiger charge is 2.51. The molecule has 2 aromatic rings. The predicted molar refractivity (Wildman–Crippen MR) is 133 cm³/mol. The number of thiophene rings is 1. The SMILES string of the molecule is CC1CCC(NC(=O)C2(c3ccc(NS(=O)(=O)c4ccc(Br)s4)cc3)CC2)CC1.O=C(O)C(F)(F)F. The average Bonchev–Trinajstić information content (AvgIpc) is 3.49. The summed E-state index contributed by atoms with van der Waals surface area (Å²) in [5.74, 6) is -1.88. The minimum absolute atomic E-state index is 0.119. The number of nitrogens with one attached hydrogen (secondary N) is 2. The molecule has 3 N–H and O–H groups in total. The second-order valence-corrected chi connectivity index (χ2v) is 13.4. The van der Waals surface area contributed by atoms with E-state index < -0.39 is 27.6 Å². The van der Waals surface area contributed by atoms with Gasteiger partial charge in [-0.2, -0.15) is 13.2 Å². The second-order valence-electron chi connectivity index (χ2n) is 9.06. The van der Waals surface area contributed by atoms with Crippen molar-refractivity contribution in [3.63, 3.8) is 0 Å². The largest absolute Gasteiger partial charge is 0.490 e. The molecule has 2 fully saturated rings. The molecular formula is C23H26BrF3N2O5S2. The zero-order valence-corrected chi connectivity index (χ0v) is 22.5. The normalized spacial score (nSPS) is 21.0. The summed E-state index contributed by atoms with van der Waals surface area (Å²) in [5.41, 5.74) is 1.01. The molecule has 0 aliphatic heterocycles. The topological polar surface area (TPSA) is 113 Å². The van der Waals surface area contributed by atoms with E-state index in [0.717, 1.165) is 41.0 Å². The van der Waals surface area contributed by atoms with Crippen LogP contribution in [0, 0.1) is 5.92 Å². The number of halogens is 4. The fraction of sp³-hybridized carbons (Fsp3) is 0.478. The van der Waals surface area contributed by atoms with Crippen molar-refractivity contribution in [1.29, 1.82) is 0 Å². The van der Waals surface area contributed by atoms with Gasteiger partial charge in [-0.1, -0.05) is 19.1 Å². The van der Waals surface area contributed by atoms with Crippen LogP contribution in [-0.2, 0) is 25.0 Å². The van der Waals surface area contributed by atoms with E-state index in [1.165, 1.54) is 24.2 Å². The molecule has 0 saturated heterocycles. The van der Waals surface area contributed by atoms with Crippen LogP contribution < -0.4 is 10.0 Å². The van der Waals surface area contributed by atoms with Gasteiger partial charge in [0.15, 0.2) is 0 Å². The zero-order chi connectivity index (χ0) is 26.7. The van der Waals surface area contributed by atoms with E-state index in [2.05, 4.69) is 32.9 Å². The molecule has 1 aromatic carbocycles. The van der Waals surface area contributed by atoms with Gasteiger partial charge in [0.1, 0.15) is 4.21 Å². The van der Waals surface area contributed by atoms with E-state index in [1.54, 1.807) is 24.3 Å². The molecule has 2 saturated carbocycles. The summed E-state index contributed by atoms with van der Waals surface area (Å²) < 4.78 is 60.3. The van der Waals surface area contributed by atoms with Crippen LogP contribution in [0.3, 0.4) is 0 Å². The summed E-state index contributed by atoms with van der Waals surface area (Å²) in [6.07, 6.45) is 1.07. The first-order chi connectivity index (χ1) is 16.7. The number of benzene rings is 1. The Kier molecular flexibility index (Phi) is 8.77. The van der Waals surface area contributed by atoms with Crippen LogP contribution in [-0.4, -0.2) is 37.6 Å². The fourth-order valence-corrected chi connectivity index (χ4v) is 7.07. The third kappa shape index (κ3) is 7.22. The molecule has 0 radical (unpaired) electrons. The van der Waals surface area contributed by atoms with Gasteiger partial charge in [0.25, 0.3) is 10.0 Å². The number of sulfonamides is 1.